The summed E-state index contributed by atoms with van der Waals surface area (Å²) in [5, 5.41) is 18.4. The molecule has 0 saturated heterocycles. The lowest BCUT2D eigenvalue weighted by molar-refractivity contribution is -0.153. The topological polar surface area (TPSA) is 127 Å². The summed E-state index contributed by atoms with van der Waals surface area (Å²) < 4.78 is 10.1. The van der Waals surface area contributed by atoms with Crippen LogP contribution in [-0.2, 0) is 28.7 Å². The van der Waals surface area contributed by atoms with Gasteiger partial charge < -0.3 is 19.7 Å². The van der Waals surface area contributed by atoms with Gasteiger partial charge >= 0.3 is 23.9 Å². The van der Waals surface area contributed by atoms with E-state index in [1.165, 1.54) is 13.8 Å². The minimum absolute atomic E-state index is 0.119. The van der Waals surface area contributed by atoms with Crippen molar-refractivity contribution < 1.29 is 38.9 Å². The molecule has 0 spiro atoms. The molecular weight excluding hydrogens is 332 g/mol. The minimum Gasteiger partial charge on any atom is -0.481 e. The number of hydrogen-bond acceptors (Lipinski definition) is 6. The van der Waals surface area contributed by atoms with Crippen molar-refractivity contribution in [2.45, 2.75) is 60.2 Å². The molecule has 0 aliphatic rings. The van der Waals surface area contributed by atoms with Crippen molar-refractivity contribution in [2.75, 3.05) is 0 Å². The predicted molar refractivity (Wildman–Crippen MR) is 87.7 cm³/mol. The van der Waals surface area contributed by atoms with Crippen molar-refractivity contribution in [1.29, 1.82) is 0 Å². The second kappa shape index (κ2) is 9.80. The molecule has 0 bridgehead atoms. The van der Waals surface area contributed by atoms with E-state index in [-0.39, 0.29) is 5.57 Å². The van der Waals surface area contributed by atoms with E-state index in [0.29, 0.717) is 0 Å². The van der Waals surface area contributed by atoms with Gasteiger partial charge in [0.1, 0.15) is 0 Å². The zero-order chi connectivity index (χ0) is 19.9. The third kappa shape index (κ3) is 7.36. The quantitative estimate of drug-likeness (QED) is 0.473. The second-order valence-corrected chi connectivity index (χ2v) is 6.22. The van der Waals surface area contributed by atoms with Crippen LogP contribution in [0.5, 0.6) is 0 Å². The molecule has 0 aliphatic heterocycles. The molecule has 0 fully saturated rings. The number of esters is 2. The number of carbonyl (C=O) groups excluding carboxylic acids is 2. The van der Waals surface area contributed by atoms with Gasteiger partial charge in [-0.15, -0.1) is 0 Å². The highest BCUT2D eigenvalue weighted by Gasteiger charge is 2.34. The Bertz CT molecular complexity index is 529. The molecule has 0 radical (unpaired) electrons. The first-order chi connectivity index (χ1) is 11.4. The Morgan fingerprint density at radius 3 is 1.36 bits per heavy atom. The molecule has 8 nitrogen and oxygen atoms in total. The Morgan fingerprint density at radius 2 is 1.12 bits per heavy atom. The van der Waals surface area contributed by atoms with Crippen molar-refractivity contribution in [3.63, 3.8) is 0 Å². The molecule has 142 valence electrons. The van der Waals surface area contributed by atoms with E-state index in [0.717, 1.165) is 0 Å². The van der Waals surface area contributed by atoms with Crippen LogP contribution >= 0.6 is 0 Å². The zero-order valence-corrected chi connectivity index (χ0v) is 15.4. The fraction of sp³-hybridized carbons (Fsp3) is 0.647. The lowest BCUT2D eigenvalue weighted by Crippen LogP contribution is -2.30. The maximum Gasteiger partial charge on any atom is 0.332 e. The van der Waals surface area contributed by atoms with Gasteiger partial charge in [0.15, 0.2) is 0 Å². The largest absolute Gasteiger partial charge is 0.481 e. The van der Waals surface area contributed by atoms with Gasteiger partial charge in [-0.1, -0.05) is 0 Å². The van der Waals surface area contributed by atoms with E-state index < -0.39 is 59.9 Å². The number of ether oxygens (including phenoxy) is 2. The van der Waals surface area contributed by atoms with Gasteiger partial charge in [-0.25, -0.2) is 4.79 Å². The molecule has 0 aromatic heterocycles. The van der Waals surface area contributed by atoms with E-state index in [1.807, 2.05) is 0 Å². The van der Waals surface area contributed by atoms with E-state index in [4.69, 9.17) is 14.6 Å². The summed E-state index contributed by atoms with van der Waals surface area (Å²) >= 11 is 0. The maximum atomic E-state index is 12.2. The average Bonchev–Trinajstić information content (AvgIpc) is 2.43. The molecule has 0 rings (SSSR count). The summed E-state index contributed by atoms with van der Waals surface area (Å²) in [5.41, 5.74) is -0.639. The van der Waals surface area contributed by atoms with Crippen LogP contribution in [0.25, 0.3) is 0 Å². The molecule has 0 saturated carbocycles. The van der Waals surface area contributed by atoms with Crippen LogP contribution < -0.4 is 0 Å². The summed E-state index contributed by atoms with van der Waals surface area (Å²) in [5.74, 6) is -6.59. The standard InChI is InChI=1S/C17H26O8/c1-8(2)24-16(22)10(5)14(11(6)17(23)25-9(3)4)12(15(20)21)7-13(18)19/h8-11H,7H2,1-6H3,(H,18,19)(H,20,21). The molecule has 25 heavy (non-hydrogen) atoms. The van der Waals surface area contributed by atoms with Gasteiger partial charge in [0, 0.05) is 5.57 Å². The lowest BCUT2D eigenvalue weighted by Gasteiger charge is -2.24. The number of hydrogen-bond donors (Lipinski definition) is 2. The smallest absolute Gasteiger partial charge is 0.332 e. The second-order valence-electron chi connectivity index (χ2n) is 6.22. The zero-order valence-electron chi connectivity index (χ0n) is 15.4. The van der Waals surface area contributed by atoms with Crippen molar-refractivity contribution in [1.82, 2.24) is 0 Å². The predicted octanol–water partition coefficient (Wildman–Crippen LogP) is 2.02. The molecule has 0 aromatic rings. The molecule has 0 aromatic carbocycles. The minimum atomic E-state index is -1.51. The fourth-order valence-electron chi connectivity index (χ4n) is 2.27. The van der Waals surface area contributed by atoms with Crippen molar-refractivity contribution in [3.8, 4) is 0 Å². The van der Waals surface area contributed by atoms with Crippen LogP contribution in [-0.4, -0.2) is 46.3 Å². The van der Waals surface area contributed by atoms with E-state index in [9.17, 15) is 24.3 Å². The summed E-state index contributed by atoms with van der Waals surface area (Å²) in [6.45, 7) is 9.26. The van der Waals surface area contributed by atoms with Crippen LogP contribution in [0.2, 0.25) is 0 Å². The molecule has 2 atom stereocenters. The van der Waals surface area contributed by atoms with Crippen LogP contribution in [0.15, 0.2) is 11.1 Å². The Kier molecular flexibility index (Phi) is 8.87. The summed E-state index contributed by atoms with van der Waals surface area (Å²) in [4.78, 5) is 47.0. The molecule has 2 N–H and O–H groups in total. The number of rotatable bonds is 9. The Balaban J connectivity index is 6.10. The Labute approximate surface area is 146 Å². The van der Waals surface area contributed by atoms with E-state index in [1.54, 1.807) is 27.7 Å². The molecule has 8 heteroatoms. The molecule has 2 unspecified atom stereocenters. The maximum absolute atomic E-state index is 12.2. The monoisotopic (exact) mass is 358 g/mol. The third-order valence-electron chi connectivity index (χ3n) is 3.28. The summed E-state index contributed by atoms with van der Waals surface area (Å²) in [6, 6.07) is 0. The molecular formula is C17H26O8. The summed E-state index contributed by atoms with van der Waals surface area (Å²) in [7, 11) is 0. The first kappa shape index (κ1) is 22.6. The highest BCUT2D eigenvalue weighted by Crippen LogP contribution is 2.29. The summed E-state index contributed by atoms with van der Waals surface area (Å²) in [6.07, 6.45) is -1.72. The SMILES string of the molecule is CC(C)OC(=O)C(C)C(=C(CC(=O)O)C(=O)O)C(C)C(=O)OC(C)C. The Morgan fingerprint density at radius 1 is 0.760 bits per heavy atom. The van der Waals surface area contributed by atoms with Crippen molar-refractivity contribution in [3.05, 3.63) is 11.1 Å². The highest BCUT2D eigenvalue weighted by atomic mass is 16.5. The average molecular weight is 358 g/mol. The Hall–Kier alpha value is -2.38. The van der Waals surface area contributed by atoms with Crippen molar-refractivity contribution >= 4 is 23.9 Å². The third-order valence-corrected chi connectivity index (χ3v) is 3.28. The number of carboxylic acids is 2. The van der Waals surface area contributed by atoms with E-state index >= 15 is 0 Å². The van der Waals surface area contributed by atoms with Gasteiger partial charge in [-0.05, 0) is 47.1 Å². The highest BCUT2D eigenvalue weighted by molar-refractivity contribution is 5.96. The van der Waals surface area contributed by atoms with Gasteiger partial charge in [0.05, 0.1) is 30.5 Å². The van der Waals surface area contributed by atoms with Crippen LogP contribution in [0, 0.1) is 11.8 Å². The van der Waals surface area contributed by atoms with Crippen LogP contribution in [0.4, 0.5) is 0 Å². The number of carbonyl (C=O) groups is 4. The van der Waals surface area contributed by atoms with Crippen molar-refractivity contribution in [2.24, 2.45) is 11.8 Å². The van der Waals surface area contributed by atoms with Gasteiger partial charge in [-0.3, -0.25) is 14.4 Å². The molecule has 0 heterocycles. The van der Waals surface area contributed by atoms with Gasteiger partial charge in [0.2, 0.25) is 0 Å². The van der Waals surface area contributed by atoms with Gasteiger partial charge in [-0.2, -0.15) is 0 Å². The lowest BCUT2D eigenvalue weighted by atomic mass is 9.84. The van der Waals surface area contributed by atoms with Gasteiger partial charge in [0.25, 0.3) is 0 Å². The normalized spacial score (nSPS) is 13.1. The first-order valence-electron chi connectivity index (χ1n) is 7.97. The first-order valence-corrected chi connectivity index (χ1v) is 7.97. The molecule has 0 aliphatic carbocycles. The number of carboxylic acid groups (broad SMARTS) is 2. The van der Waals surface area contributed by atoms with E-state index in [2.05, 4.69) is 0 Å². The molecule has 0 amide bonds. The number of aliphatic carboxylic acids is 2. The van der Waals surface area contributed by atoms with Crippen LogP contribution in [0.3, 0.4) is 0 Å². The van der Waals surface area contributed by atoms with Crippen LogP contribution in [0.1, 0.15) is 48.0 Å². The fourth-order valence-corrected chi connectivity index (χ4v) is 2.27.